The third kappa shape index (κ3) is 5.76. The summed E-state index contributed by atoms with van der Waals surface area (Å²) < 4.78 is 0. The van der Waals surface area contributed by atoms with Crippen LogP contribution in [0.2, 0.25) is 0 Å². The van der Waals surface area contributed by atoms with Crippen molar-refractivity contribution in [3.63, 3.8) is 0 Å². The van der Waals surface area contributed by atoms with Gasteiger partial charge in [-0.05, 0) is 6.42 Å². The molecule has 78 valence electrons. The zero-order chi connectivity index (χ0) is 11.0. The van der Waals surface area contributed by atoms with Crippen LogP contribution in [0.1, 0.15) is 13.3 Å². The predicted molar refractivity (Wildman–Crippen MR) is 53.2 cm³/mol. The van der Waals surface area contributed by atoms with Crippen molar-refractivity contribution in [3.8, 4) is 0 Å². The second-order valence-electron chi connectivity index (χ2n) is 2.57. The molecule has 0 radical (unpaired) electrons. The van der Waals surface area contributed by atoms with Gasteiger partial charge in [0.2, 0.25) is 11.8 Å². The van der Waals surface area contributed by atoms with Crippen molar-refractivity contribution >= 4 is 18.2 Å². The second-order valence-corrected chi connectivity index (χ2v) is 2.57. The van der Waals surface area contributed by atoms with Crippen LogP contribution in [0.25, 0.3) is 0 Å². The molecular weight excluding hydrogens is 184 g/mol. The highest BCUT2D eigenvalue weighted by Crippen LogP contribution is 1.93. The lowest BCUT2D eigenvalue weighted by molar-refractivity contribution is -0.126. The number of amides is 2. The number of carbonyl (C=O) groups excluding carboxylic acids is 2. The van der Waals surface area contributed by atoms with Gasteiger partial charge in [0.15, 0.2) is 0 Å². The van der Waals surface area contributed by atoms with Gasteiger partial charge in [0.05, 0.1) is 6.34 Å². The van der Waals surface area contributed by atoms with E-state index in [4.69, 9.17) is 11.5 Å². The Hall–Kier alpha value is -1.85. The van der Waals surface area contributed by atoms with Gasteiger partial charge >= 0.3 is 0 Å². The average Bonchev–Trinajstić information content (AvgIpc) is 2.09. The molecule has 6 nitrogen and oxygen atoms in total. The first kappa shape index (κ1) is 12.2. The molecule has 0 aliphatic rings. The number of nitrogens with two attached hydrogens (primary N) is 2. The first-order chi connectivity index (χ1) is 6.57. The minimum absolute atomic E-state index is 0.298. The third-order valence-electron chi connectivity index (χ3n) is 1.37. The number of hydrogen-bond donors (Lipinski definition) is 3. The van der Waals surface area contributed by atoms with E-state index in [1.54, 1.807) is 6.08 Å². The highest BCUT2D eigenvalue weighted by molar-refractivity contribution is 5.85. The van der Waals surface area contributed by atoms with Gasteiger partial charge in [0, 0.05) is 13.1 Å². The largest absolute Gasteiger partial charge is 0.390 e. The number of nitrogens with zero attached hydrogens (tertiary/aromatic N) is 1. The van der Waals surface area contributed by atoms with Gasteiger partial charge in [-0.15, -0.1) is 0 Å². The van der Waals surface area contributed by atoms with Crippen LogP contribution in [-0.4, -0.2) is 24.2 Å². The summed E-state index contributed by atoms with van der Waals surface area (Å²) in [5.74, 6) is -0.883. The fourth-order valence-electron chi connectivity index (χ4n) is 0.799. The maximum atomic E-state index is 10.8. The summed E-state index contributed by atoms with van der Waals surface area (Å²) in [6, 6.07) is -0.697. The van der Waals surface area contributed by atoms with E-state index in [0.29, 0.717) is 6.42 Å². The fraction of sp³-hybridized carbons (Fsp3) is 0.375. The molecule has 0 heterocycles. The first-order valence-electron chi connectivity index (χ1n) is 4.02. The molecule has 0 aromatic carbocycles. The van der Waals surface area contributed by atoms with E-state index in [1.165, 1.54) is 13.1 Å². The monoisotopic (exact) mass is 198 g/mol. The van der Waals surface area contributed by atoms with Crippen molar-refractivity contribution in [3.05, 3.63) is 12.3 Å². The summed E-state index contributed by atoms with van der Waals surface area (Å²) in [4.78, 5) is 25.1. The summed E-state index contributed by atoms with van der Waals surface area (Å²) in [6.45, 7) is 1.32. The lowest BCUT2D eigenvalue weighted by Crippen LogP contribution is -2.43. The van der Waals surface area contributed by atoms with Gasteiger partial charge in [-0.25, -0.2) is 4.99 Å². The van der Waals surface area contributed by atoms with Crippen LogP contribution < -0.4 is 16.8 Å². The van der Waals surface area contributed by atoms with Crippen LogP contribution in [0, 0.1) is 0 Å². The van der Waals surface area contributed by atoms with Crippen molar-refractivity contribution in [1.29, 1.82) is 0 Å². The van der Waals surface area contributed by atoms with Crippen molar-refractivity contribution in [1.82, 2.24) is 5.32 Å². The van der Waals surface area contributed by atoms with E-state index < -0.39 is 11.9 Å². The Labute approximate surface area is 82.1 Å². The number of primary amides is 1. The fourth-order valence-corrected chi connectivity index (χ4v) is 0.799. The predicted octanol–water partition coefficient (Wildman–Crippen LogP) is -1.13. The first-order valence-corrected chi connectivity index (χ1v) is 4.02. The van der Waals surface area contributed by atoms with Gasteiger partial charge in [0.25, 0.3) is 0 Å². The van der Waals surface area contributed by atoms with E-state index in [2.05, 4.69) is 10.3 Å². The summed E-state index contributed by atoms with van der Waals surface area (Å²) in [5, 5.41) is 2.41. The standard InChI is InChI=1S/C8H14N4O2/c1-6(13)12-7(8(10)14)3-2-4-11-5-9/h2,4-5,7H,3H2,1H3,(H2,9,11)(H2,10,14)(H,12,13)/b4-2+. The summed E-state index contributed by atoms with van der Waals surface area (Å²) in [5.41, 5.74) is 10.0. The van der Waals surface area contributed by atoms with E-state index in [-0.39, 0.29) is 5.91 Å². The zero-order valence-corrected chi connectivity index (χ0v) is 7.93. The lowest BCUT2D eigenvalue weighted by atomic mass is 10.2. The summed E-state index contributed by atoms with van der Waals surface area (Å²) >= 11 is 0. The number of carbonyl (C=O) groups is 2. The average molecular weight is 198 g/mol. The Morgan fingerprint density at radius 1 is 1.57 bits per heavy atom. The Kier molecular flexibility index (Phi) is 5.77. The van der Waals surface area contributed by atoms with Gasteiger partial charge in [-0.2, -0.15) is 0 Å². The maximum absolute atomic E-state index is 10.8. The normalized spacial score (nSPS) is 13.2. The van der Waals surface area contributed by atoms with Crippen LogP contribution in [-0.2, 0) is 9.59 Å². The van der Waals surface area contributed by atoms with Crippen LogP contribution in [0.15, 0.2) is 17.3 Å². The molecule has 0 saturated heterocycles. The molecule has 0 rings (SSSR count). The second kappa shape index (κ2) is 6.64. The molecule has 14 heavy (non-hydrogen) atoms. The molecule has 1 atom stereocenters. The number of rotatable bonds is 5. The molecule has 6 heteroatoms. The molecule has 0 aliphatic carbocycles. The molecule has 0 bridgehead atoms. The van der Waals surface area contributed by atoms with Crippen molar-refractivity contribution < 1.29 is 9.59 Å². The van der Waals surface area contributed by atoms with Crippen LogP contribution in [0.3, 0.4) is 0 Å². The van der Waals surface area contributed by atoms with Crippen LogP contribution in [0.5, 0.6) is 0 Å². The van der Waals surface area contributed by atoms with Crippen LogP contribution >= 0.6 is 0 Å². The molecule has 0 fully saturated rings. The van der Waals surface area contributed by atoms with E-state index in [9.17, 15) is 9.59 Å². The number of hydrogen-bond acceptors (Lipinski definition) is 3. The summed E-state index contributed by atoms with van der Waals surface area (Å²) in [6.07, 6.45) is 4.44. The van der Waals surface area contributed by atoms with Gasteiger partial charge in [-0.1, -0.05) is 6.08 Å². The quantitative estimate of drug-likeness (QED) is 0.384. The molecule has 0 aromatic heterocycles. The molecule has 5 N–H and O–H groups in total. The molecule has 0 aromatic rings. The molecule has 0 aliphatic heterocycles. The van der Waals surface area contributed by atoms with Crippen molar-refractivity contribution in [2.24, 2.45) is 16.5 Å². The van der Waals surface area contributed by atoms with Crippen molar-refractivity contribution in [2.75, 3.05) is 0 Å². The molecule has 2 amide bonds. The minimum Gasteiger partial charge on any atom is -0.390 e. The molecule has 1 unspecified atom stereocenters. The zero-order valence-electron chi connectivity index (χ0n) is 7.93. The Bertz CT molecular complexity index is 260. The Morgan fingerprint density at radius 3 is 2.64 bits per heavy atom. The highest BCUT2D eigenvalue weighted by Gasteiger charge is 2.13. The minimum atomic E-state index is -0.697. The number of aliphatic imine (C=N–C) groups is 1. The van der Waals surface area contributed by atoms with Gasteiger partial charge in [-0.3, -0.25) is 9.59 Å². The molecule has 0 spiro atoms. The van der Waals surface area contributed by atoms with Gasteiger partial charge < -0.3 is 16.8 Å². The smallest absolute Gasteiger partial charge is 0.240 e. The van der Waals surface area contributed by atoms with E-state index >= 15 is 0 Å². The van der Waals surface area contributed by atoms with Crippen LogP contribution in [0.4, 0.5) is 0 Å². The van der Waals surface area contributed by atoms with E-state index in [1.807, 2.05) is 0 Å². The third-order valence-corrected chi connectivity index (χ3v) is 1.37. The Morgan fingerprint density at radius 2 is 2.21 bits per heavy atom. The van der Waals surface area contributed by atoms with Gasteiger partial charge in [0.1, 0.15) is 6.04 Å². The molecular formula is C8H14N4O2. The van der Waals surface area contributed by atoms with Crippen molar-refractivity contribution in [2.45, 2.75) is 19.4 Å². The van der Waals surface area contributed by atoms with E-state index in [0.717, 1.165) is 6.34 Å². The Balaban J connectivity index is 4.10. The lowest BCUT2D eigenvalue weighted by Gasteiger charge is -2.10. The number of nitrogens with one attached hydrogen (secondary N) is 1. The molecule has 0 saturated carbocycles. The summed E-state index contributed by atoms with van der Waals surface area (Å²) in [7, 11) is 0. The highest BCUT2D eigenvalue weighted by atomic mass is 16.2. The SMILES string of the molecule is CC(=O)NC(C/C=C/N=C\N)C(N)=O. The maximum Gasteiger partial charge on any atom is 0.240 e. The topological polar surface area (TPSA) is 111 Å².